The predicted octanol–water partition coefficient (Wildman–Crippen LogP) is 18.0. The highest BCUT2D eigenvalue weighted by atomic mass is 15.2. The highest BCUT2D eigenvalue weighted by Gasteiger charge is 2.37. The molecule has 320 valence electrons. The van der Waals surface area contributed by atoms with Crippen LogP contribution in [0, 0.1) is 0 Å². The molecule has 0 amide bonds. The molecule has 1 heterocycles. The molecule has 0 radical (unpaired) electrons. The number of benzene rings is 11. The van der Waals surface area contributed by atoms with E-state index in [-0.39, 0.29) is 6.04 Å². The number of allylic oxidation sites excluding steroid dienone is 2. The van der Waals surface area contributed by atoms with Crippen molar-refractivity contribution in [2.75, 3.05) is 9.80 Å². The van der Waals surface area contributed by atoms with E-state index in [9.17, 15) is 0 Å². The Bertz CT molecular complexity index is 3760. The fourth-order valence-electron chi connectivity index (χ4n) is 11.1. The average Bonchev–Trinajstić information content (AvgIpc) is 3.75. The van der Waals surface area contributed by atoms with Gasteiger partial charge in [0.1, 0.15) is 0 Å². The Labute approximate surface area is 397 Å². The average molecular weight is 867 g/mol. The van der Waals surface area contributed by atoms with E-state index in [0.717, 1.165) is 17.1 Å². The minimum atomic E-state index is 0.230. The van der Waals surface area contributed by atoms with Crippen molar-refractivity contribution in [3.63, 3.8) is 0 Å². The standard InChI is InChI=1S/C66H46N2/c1-2-17-47(18-3-1)63-44-52(68-64-33-12-10-29-61(64)62-30-11-13-34-65(62)68)39-40-56(63)48-35-37-50(38-36-48)67(51-24-14-23-49(43-51)55-31-15-21-45-19-4-6-25-53(45)55)66-42-41-59(58-27-8-9-28-60(58)66)57-32-16-22-46-20-5-7-26-54(46)57/h1-44,61,64H. The second kappa shape index (κ2) is 16.6. The van der Waals surface area contributed by atoms with Crippen LogP contribution >= 0.6 is 0 Å². The van der Waals surface area contributed by atoms with Crippen molar-refractivity contribution in [2.45, 2.75) is 12.0 Å². The van der Waals surface area contributed by atoms with E-state index >= 15 is 0 Å². The molecule has 0 aromatic heterocycles. The van der Waals surface area contributed by atoms with E-state index < -0.39 is 0 Å². The van der Waals surface area contributed by atoms with Gasteiger partial charge >= 0.3 is 0 Å². The molecule has 0 fully saturated rings. The molecule has 1 aliphatic heterocycles. The molecule has 0 saturated heterocycles. The summed E-state index contributed by atoms with van der Waals surface area (Å²) in [5.41, 5.74) is 16.8. The highest BCUT2D eigenvalue weighted by Crippen LogP contribution is 2.50. The molecule has 2 unspecified atom stereocenters. The minimum absolute atomic E-state index is 0.230. The fourth-order valence-corrected chi connectivity index (χ4v) is 11.1. The van der Waals surface area contributed by atoms with Gasteiger partial charge in [0, 0.05) is 34.1 Å². The number of nitrogens with zero attached hydrogens (tertiary/aromatic N) is 2. The van der Waals surface area contributed by atoms with Crippen molar-refractivity contribution in [3.8, 4) is 44.5 Å². The van der Waals surface area contributed by atoms with E-state index in [1.165, 1.54) is 93.8 Å². The first kappa shape index (κ1) is 39.6. The number of anilines is 5. The molecule has 0 spiro atoms. The summed E-state index contributed by atoms with van der Waals surface area (Å²) in [5.74, 6) is 0.325. The Morgan fingerprint density at radius 2 is 0.926 bits per heavy atom. The van der Waals surface area contributed by atoms with Gasteiger partial charge < -0.3 is 9.80 Å². The molecule has 11 aromatic rings. The van der Waals surface area contributed by atoms with Gasteiger partial charge in [0.15, 0.2) is 0 Å². The summed E-state index contributed by atoms with van der Waals surface area (Å²) in [6, 6.07) is 89.5. The zero-order valence-corrected chi connectivity index (χ0v) is 37.5. The van der Waals surface area contributed by atoms with Crippen molar-refractivity contribution < 1.29 is 0 Å². The number of para-hydroxylation sites is 1. The van der Waals surface area contributed by atoms with Crippen LogP contribution in [0.1, 0.15) is 11.5 Å². The number of hydrogen-bond acceptors (Lipinski definition) is 2. The molecule has 0 N–H and O–H groups in total. The summed E-state index contributed by atoms with van der Waals surface area (Å²) in [7, 11) is 0. The van der Waals surface area contributed by atoms with E-state index in [2.05, 4.69) is 277 Å². The molecule has 68 heavy (non-hydrogen) atoms. The van der Waals surface area contributed by atoms with Crippen molar-refractivity contribution >= 4 is 60.8 Å². The molecule has 2 nitrogen and oxygen atoms in total. The van der Waals surface area contributed by atoms with Crippen LogP contribution in [0.4, 0.5) is 28.4 Å². The number of rotatable bonds is 8. The van der Waals surface area contributed by atoms with E-state index in [4.69, 9.17) is 0 Å². The molecule has 1 aliphatic carbocycles. The van der Waals surface area contributed by atoms with Gasteiger partial charge in [-0.2, -0.15) is 0 Å². The van der Waals surface area contributed by atoms with Crippen molar-refractivity contribution in [1.29, 1.82) is 0 Å². The summed E-state index contributed by atoms with van der Waals surface area (Å²) < 4.78 is 0. The normalized spacial score (nSPS) is 14.9. The zero-order chi connectivity index (χ0) is 45.0. The van der Waals surface area contributed by atoms with Crippen LogP contribution in [0.2, 0.25) is 0 Å². The van der Waals surface area contributed by atoms with Crippen LogP contribution in [-0.2, 0) is 0 Å². The van der Waals surface area contributed by atoms with Crippen LogP contribution in [-0.4, -0.2) is 6.04 Å². The third kappa shape index (κ3) is 6.72. The molecule has 2 heteroatoms. The van der Waals surface area contributed by atoms with E-state index in [1.54, 1.807) is 0 Å². The Kier molecular flexibility index (Phi) is 9.68. The molecular formula is C66H46N2. The van der Waals surface area contributed by atoms with Gasteiger partial charge in [-0.05, 0) is 126 Å². The minimum Gasteiger partial charge on any atom is -0.333 e. The summed E-state index contributed by atoms with van der Waals surface area (Å²) in [5, 5.41) is 7.38. The third-order valence-corrected chi connectivity index (χ3v) is 14.2. The topological polar surface area (TPSA) is 6.48 Å². The van der Waals surface area contributed by atoms with Crippen LogP contribution < -0.4 is 9.80 Å². The second-order valence-corrected chi connectivity index (χ2v) is 18.0. The van der Waals surface area contributed by atoms with Gasteiger partial charge in [0.2, 0.25) is 0 Å². The van der Waals surface area contributed by atoms with Gasteiger partial charge in [-0.1, -0.05) is 218 Å². The summed E-state index contributed by atoms with van der Waals surface area (Å²) in [6.45, 7) is 0. The number of fused-ring (bicyclic) bond motifs is 6. The van der Waals surface area contributed by atoms with Crippen LogP contribution in [0.15, 0.2) is 267 Å². The third-order valence-electron chi connectivity index (χ3n) is 14.2. The molecule has 2 atom stereocenters. The quantitative estimate of drug-likeness (QED) is 0.150. The molecule has 0 bridgehead atoms. The zero-order valence-electron chi connectivity index (χ0n) is 37.5. The molecular weight excluding hydrogens is 821 g/mol. The summed E-state index contributed by atoms with van der Waals surface area (Å²) in [4.78, 5) is 4.97. The molecule has 13 rings (SSSR count). The van der Waals surface area contributed by atoms with Crippen LogP contribution in [0.5, 0.6) is 0 Å². The van der Waals surface area contributed by atoms with Crippen LogP contribution in [0.3, 0.4) is 0 Å². The highest BCUT2D eigenvalue weighted by molar-refractivity contribution is 6.10. The maximum absolute atomic E-state index is 2.53. The van der Waals surface area contributed by atoms with Crippen molar-refractivity contribution in [1.82, 2.24) is 0 Å². The van der Waals surface area contributed by atoms with Gasteiger partial charge in [-0.15, -0.1) is 0 Å². The lowest BCUT2D eigenvalue weighted by molar-refractivity contribution is 0.745. The second-order valence-electron chi connectivity index (χ2n) is 18.0. The lowest BCUT2D eigenvalue weighted by Crippen LogP contribution is -2.28. The fraction of sp³-hybridized carbons (Fsp3) is 0.0303. The molecule has 11 aromatic carbocycles. The first-order chi connectivity index (χ1) is 33.7. The summed E-state index contributed by atoms with van der Waals surface area (Å²) >= 11 is 0. The van der Waals surface area contributed by atoms with Crippen molar-refractivity contribution in [2.24, 2.45) is 0 Å². The lowest BCUT2D eigenvalue weighted by atomic mass is 9.91. The Morgan fingerprint density at radius 1 is 0.338 bits per heavy atom. The first-order valence-corrected chi connectivity index (χ1v) is 23.7. The van der Waals surface area contributed by atoms with Gasteiger partial charge in [0.25, 0.3) is 0 Å². The smallest absolute Gasteiger partial charge is 0.0629 e. The maximum atomic E-state index is 2.53. The van der Waals surface area contributed by atoms with Crippen molar-refractivity contribution in [3.05, 3.63) is 273 Å². The Balaban J connectivity index is 0.962. The molecule has 2 aliphatic rings. The van der Waals surface area contributed by atoms with Gasteiger partial charge in [-0.25, -0.2) is 0 Å². The van der Waals surface area contributed by atoms with E-state index in [1.807, 2.05) is 0 Å². The monoisotopic (exact) mass is 866 g/mol. The predicted molar refractivity (Wildman–Crippen MR) is 289 cm³/mol. The SMILES string of the molecule is C1=CC2c3ccccc3N(c3ccc(-c4ccc(N(c5cccc(-c6cccc7ccccc67)c5)c5ccc(-c6cccc7ccccc67)c6ccccc56)cc4)c(-c4ccccc4)c3)C2C=C1. The van der Waals surface area contributed by atoms with Crippen LogP contribution in [0.25, 0.3) is 76.8 Å². The van der Waals surface area contributed by atoms with Gasteiger partial charge in [0.05, 0.1) is 11.7 Å². The largest absolute Gasteiger partial charge is 0.333 e. The Hall–Kier alpha value is -8.72. The van der Waals surface area contributed by atoms with Gasteiger partial charge in [-0.3, -0.25) is 0 Å². The lowest BCUT2D eigenvalue weighted by Gasteiger charge is -2.30. The number of hydrogen-bond donors (Lipinski definition) is 0. The van der Waals surface area contributed by atoms with E-state index in [0.29, 0.717) is 5.92 Å². The first-order valence-electron chi connectivity index (χ1n) is 23.7. The molecule has 0 saturated carbocycles. The Morgan fingerprint density at radius 3 is 1.74 bits per heavy atom. The summed E-state index contributed by atoms with van der Waals surface area (Å²) in [6.07, 6.45) is 9.09. The maximum Gasteiger partial charge on any atom is 0.0629 e.